The van der Waals surface area contributed by atoms with Gasteiger partial charge in [0.2, 0.25) is 0 Å². The lowest BCUT2D eigenvalue weighted by atomic mass is 9.90. The summed E-state index contributed by atoms with van der Waals surface area (Å²) in [4.78, 5) is 0. The van der Waals surface area contributed by atoms with E-state index in [-0.39, 0.29) is 5.75 Å². The summed E-state index contributed by atoms with van der Waals surface area (Å²) in [6.45, 7) is 0. The first-order valence-electron chi connectivity index (χ1n) is 7.68. The topological polar surface area (TPSA) is 46.3 Å². The van der Waals surface area contributed by atoms with E-state index < -0.39 is 0 Å². The number of hydrogen-bond acceptors (Lipinski definition) is 3. The standard InChI is InChI=1S/C19H17NO2/c21-18-8-4-3-7-16(18)17-12-19(22-20-17)15-10-9-13-5-1-2-6-14(13)11-15/h3-4,7-12,21H,1-2,5-6H2. The molecule has 0 aliphatic heterocycles. The minimum absolute atomic E-state index is 0.216. The van der Waals surface area contributed by atoms with Crippen LogP contribution in [0.1, 0.15) is 24.0 Å². The molecule has 1 aliphatic rings. The predicted octanol–water partition coefficient (Wildman–Crippen LogP) is 4.59. The van der Waals surface area contributed by atoms with Crippen LogP contribution in [0.25, 0.3) is 22.6 Å². The van der Waals surface area contributed by atoms with Crippen LogP contribution >= 0.6 is 0 Å². The smallest absolute Gasteiger partial charge is 0.167 e. The highest BCUT2D eigenvalue weighted by atomic mass is 16.5. The Morgan fingerprint density at radius 3 is 2.59 bits per heavy atom. The Kier molecular flexibility index (Phi) is 3.19. The first-order valence-corrected chi connectivity index (χ1v) is 7.68. The maximum Gasteiger partial charge on any atom is 0.167 e. The van der Waals surface area contributed by atoms with Crippen molar-refractivity contribution < 1.29 is 9.63 Å². The molecule has 2 aromatic carbocycles. The van der Waals surface area contributed by atoms with Crippen LogP contribution in [0.2, 0.25) is 0 Å². The second-order valence-corrected chi connectivity index (χ2v) is 5.78. The number of nitrogens with zero attached hydrogens (tertiary/aromatic N) is 1. The highest BCUT2D eigenvalue weighted by Gasteiger charge is 2.14. The third-order valence-electron chi connectivity index (χ3n) is 4.32. The molecule has 1 heterocycles. The summed E-state index contributed by atoms with van der Waals surface area (Å²) in [6.07, 6.45) is 4.86. The number of phenolic OH excluding ortho intramolecular Hbond substituents is 1. The summed E-state index contributed by atoms with van der Waals surface area (Å²) < 4.78 is 5.49. The first kappa shape index (κ1) is 13.1. The quantitative estimate of drug-likeness (QED) is 0.751. The van der Waals surface area contributed by atoms with Crippen molar-refractivity contribution in [2.24, 2.45) is 0 Å². The van der Waals surface area contributed by atoms with Gasteiger partial charge in [0.1, 0.15) is 11.4 Å². The summed E-state index contributed by atoms with van der Waals surface area (Å²) in [5.41, 5.74) is 5.27. The second-order valence-electron chi connectivity index (χ2n) is 5.78. The average molecular weight is 291 g/mol. The van der Waals surface area contributed by atoms with Gasteiger partial charge in [0.05, 0.1) is 0 Å². The lowest BCUT2D eigenvalue weighted by Crippen LogP contribution is -2.02. The molecule has 0 saturated heterocycles. The van der Waals surface area contributed by atoms with Crippen LogP contribution in [0.4, 0.5) is 0 Å². The first-order chi connectivity index (χ1) is 10.8. The summed E-state index contributed by atoms with van der Waals surface area (Å²) >= 11 is 0. The van der Waals surface area contributed by atoms with Gasteiger partial charge in [-0.25, -0.2) is 0 Å². The predicted molar refractivity (Wildman–Crippen MR) is 85.7 cm³/mol. The van der Waals surface area contributed by atoms with Gasteiger partial charge in [-0.3, -0.25) is 0 Å². The number of rotatable bonds is 2. The largest absolute Gasteiger partial charge is 0.507 e. The number of hydrogen-bond donors (Lipinski definition) is 1. The van der Waals surface area contributed by atoms with E-state index in [0.717, 1.165) is 17.7 Å². The normalized spacial score (nSPS) is 13.8. The van der Waals surface area contributed by atoms with Gasteiger partial charge >= 0.3 is 0 Å². The molecule has 3 aromatic rings. The molecule has 0 radical (unpaired) electrons. The Labute approximate surface area is 129 Å². The molecule has 0 fully saturated rings. The molecule has 0 atom stereocenters. The van der Waals surface area contributed by atoms with Gasteiger partial charge in [-0.05, 0) is 55.0 Å². The van der Waals surface area contributed by atoms with Gasteiger partial charge in [-0.2, -0.15) is 0 Å². The molecule has 1 N–H and O–H groups in total. The van der Waals surface area contributed by atoms with E-state index in [9.17, 15) is 5.11 Å². The van der Waals surface area contributed by atoms with Crippen molar-refractivity contribution in [2.45, 2.75) is 25.7 Å². The van der Waals surface area contributed by atoms with Crippen molar-refractivity contribution in [3.63, 3.8) is 0 Å². The number of benzene rings is 2. The van der Waals surface area contributed by atoms with Crippen LogP contribution in [-0.2, 0) is 12.8 Å². The maximum atomic E-state index is 9.92. The zero-order chi connectivity index (χ0) is 14.9. The van der Waals surface area contributed by atoms with Crippen molar-refractivity contribution in [3.05, 3.63) is 59.7 Å². The lowest BCUT2D eigenvalue weighted by molar-refractivity contribution is 0.433. The summed E-state index contributed by atoms with van der Waals surface area (Å²) in [5.74, 6) is 0.958. The Morgan fingerprint density at radius 1 is 0.909 bits per heavy atom. The van der Waals surface area contributed by atoms with Crippen LogP contribution in [0.5, 0.6) is 5.75 Å². The Bertz CT molecular complexity index is 820. The summed E-state index contributed by atoms with van der Waals surface area (Å²) in [5, 5.41) is 14.0. The highest BCUT2D eigenvalue weighted by Crippen LogP contribution is 2.32. The number of aromatic hydroxyl groups is 1. The second kappa shape index (κ2) is 5.34. The molecule has 22 heavy (non-hydrogen) atoms. The molecule has 0 amide bonds. The van der Waals surface area contributed by atoms with Crippen molar-refractivity contribution in [1.82, 2.24) is 5.16 Å². The molecule has 4 rings (SSSR count). The van der Waals surface area contributed by atoms with Gasteiger partial charge in [-0.15, -0.1) is 0 Å². The van der Waals surface area contributed by atoms with E-state index in [0.29, 0.717) is 11.3 Å². The van der Waals surface area contributed by atoms with Gasteiger partial charge < -0.3 is 9.63 Å². The fraction of sp³-hybridized carbons (Fsp3) is 0.211. The molecular weight excluding hydrogens is 274 g/mol. The zero-order valence-corrected chi connectivity index (χ0v) is 12.2. The molecule has 1 aliphatic carbocycles. The molecular formula is C19H17NO2. The van der Waals surface area contributed by atoms with Gasteiger partial charge in [-0.1, -0.05) is 29.4 Å². The molecule has 0 unspecified atom stereocenters. The van der Waals surface area contributed by atoms with Crippen LogP contribution in [0, 0.1) is 0 Å². The number of aryl methyl sites for hydroxylation is 2. The van der Waals surface area contributed by atoms with E-state index >= 15 is 0 Å². The third-order valence-corrected chi connectivity index (χ3v) is 4.32. The molecule has 110 valence electrons. The van der Waals surface area contributed by atoms with Crippen molar-refractivity contribution in [1.29, 1.82) is 0 Å². The van der Waals surface area contributed by atoms with Gasteiger partial charge in [0, 0.05) is 17.2 Å². The minimum Gasteiger partial charge on any atom is -0.507 e. The molecule has 0 saturated carbocycles. The van der Waals surface area contributed by atoms with E-state index in [1.807, 2.05) is 18.2 Å². The molecule has 0 bridgehead atoms. The van der Waals surface area contributed by atoms with Crippen LogP contribution in [-0.4, -0.2) is 10.3 Å². The van der Waals surface area contributed by atoms with Crippen LogP contribution in [0.15, 0.2) is 53.1 Å². The summed E-state index contributed by atoms with van der Waals surface area (Å²) in [7, 11) is 0. The van der Waals surface area contributed by atoms with Crippen LogP contribution < -0.4 is 0 Å². The number of fused-ring (bicyclic) bond motifs is 1. The van der Waals surface area contributed by atoms with Crippen molar-refractivity contribution in [2.75, 3.05) is 0 Å². The number of phenols is 1. The SMILES string of the molecule is Oc1ccccc1-c1cc(-c2ccc3c(c2)CCCC3)on1. The van der Waals surface area contributed by atoms with E-state index in [1.165, 1.54) is 30.4 Å². The van der Waals surface area contributed by atoms with E-state index in [4.69, 9.17) is 4.52 Å². The number of aromatic nitrogens is 1. The molecule has 3 nitrogen and oxygen atoms in total. The molecule has 3 heteroatoms. The summed E-state index contributed by atoms with van der Waals surface area (Å²) in [6, 6.07) is 15.6. The monoisotopic (exact) mass is 291 g/mol. The Hall–Kier alpha value is -2.55. The van der Waals surface area contributed by atoms with E-state index in [1.54, 1.807) is 12.1 Å². The Balaban J connectivity index is 1.71. The van der Waals surface area contributed by atoms with Gasteiger partial charge in [0.15, 0.2) is 5.76 Å². The fourth-order valence-electron chi connectivity index (χ4n) is 3.12. The lowest BCUT2D eigenvalue weighted by Gasteiger charge is -2.15. The third kappa shape index (κ3) is 2.29. The van der Waals surface area contributed by atoms with Crippen molar-refractivity contribution in [3.8, 4) is 28.3 Å². The fourth-order valence-corrected chi connectivity index (χ4v) is 3.12. The molecule has 1 aromatic heterocycles. The van der Waals surface area contributed by atoms with Crippen LogP contribution in [0.3, 0.4) is 0 Å². The van der Waals surface area contributed by atoms with Gasteiger partial charge in [0.25, 0.3) is 0 Å². The van der Waals surface area contributed by atoms with E-state index in [2.05, 4.69) is 23.4 Å². The maximum absolute atomic E-state index is 9.92. The highest BCUT2D eigenvalue weighted by molar-refractivity contribution is 5.71. The zero-order valence-electron chi connectivity index (χ0n) is 12.2. The molecule has 0 spiro atoms. The van der Waals surface area contributed by atoms with Crippen molar-refractivity contribution >= 4 is 0 Å². The average Bonchev–Trinajstić information content (AvgIpc) is 3.04. The Morgan fingerprint density at radius 2 is 1.73 bits per heavy atom. The minimum atomic E-state index is 0.216. The number of para-hydroxylation sites is 1.